The summed E-state index contributed by atoms with van der Waals surface area (Å²) >= 11 is 12.0. The number of aliphatic carboxylic acids is 1. The van der Waals surface area contributed by atoms with Gasteiger partial charge in [0.25, 0.3) is 5.91 Å². The van der Waals surface area contributed by atoms with Gasteiger partial charge in [0.1, 0.15) is 11.5 Å². The van der Waals surface area contributed by atoms with Crippen LogP contribution in [-0.2, 0) is 4.79 Å². The number of carbonyl (C=O) groups excluding carboxylic acids is 1. The molecule has 0 aliphatic carbocycles. The predicted octanol–water partition coefficient (Wildman–Crippen LogP) is 4.37. The van der Waals surface area contributed by atoms with Crippen LogP contribution in [-0.4, -0.2) is 33.1 Å². The Morgan fingerprint density at radius 2 is 1.76 bits per heavy atom. The topological polar surface area (TPSA) is 112 Å². The van der Waals surface area contributed by atoms with E-state index in [0.29, 0.717) is 10.6 Å². The first-order valence-corrected chi connectivity index (χ1v) is 9.51. The molecule has 2 aromatic heterocycles. The van der Waals surface area contributed by atoms with Gasteiger partial charge < -0.3 is 15.4 Å². The average Bonchev–Trinajstić information content (AvgIpc) is 2.75. The van der Waals surface area contributed by atoms with E-state index < -0.39 is 29.9 Å². The lowest BCUT2D eigenvalue weighted by atomic mass is 10.0. The van der Waals surface area contributed by atoms with Crippen molar-refractivity contribution >= 4 is 35.1 Å². The fraction of sp³-hybridized carbons (Fsp3) is 0.100. The van der Waals surface area contributed by atoms with Crippen molar-refractivity contribution in [2.24, 2.45) is 0 Å². The summed E-state index contributed by atoms with van der Waals surface area (Å²) in [5.74, 6) is -3.85. The quantitative estimate of drug-likeness (QED) is 0.456. The number of amides is 1. The van der Waals surface area contributed by atoms with Gasteiger partial charge in [-0.1, -0.05) is 29.3 Å². The second-order valence-corrected chi connectivity index (χ2v) is 7.01. The first kappa shape index (κ1) is 25.8. The van der Waals surface area contributed by atoms with Crippen LogP contribution >= 0.6 is 23.2 Å². The molecule has 174 valence electrons. The van der Waals surface area contributed by atoms with E-state index in [-0.39, 0.29) is 21.8 Å². The highest BCUT2D eigenvalue weighted by molar-refractivity contribution is 6.42. The number of pyridine rings is 2. The number of aromatic nitrogens is 2. The van der Waals surface area contributed by atoms with Gasteiger partial charge in [-0.15, -0.1) is 0 Å². The van der Waals surface area contributed by atoms with Crippen LogP contribution < -0.4 is 10.9 Å². The number of hydrogen-bond donors (Lipinski definition) is 3. The van der Waals surface area contributed by atoms with Crippen molar-refractivity contribution in [1.82, 2.24) is 15.3 Å². The number of halogens is 6. The molecule has 1 aromatic carbocycles. The molecule has 3 aromatic rings. The Morgan fingerprint density at radius 1 is 1.09 bits per heavy atom. The second kappa shape index (κ2) is 10.9. The summed E-state index contributed by atoms with van der Waals surface area (Å²) in [4.78, 5) is 39.0. The summed E-state index contributed by atoms with van der Waals surface area (Å²) < 4.78 is 46.0. The summed E-state index contributed by atoms with van der Waals surface area (Å²) in [5, 5.41) is 10.4. The minimum Gasteiger partial charge on any atom is -0.475 e. The number of rotatable bonds is 4. The van der Waals surface area contributed by atoms with Crippen LogP contribution in [0, 0.1) is 5.82 Å². The van der Waals surface area contributed by atoms with E-state index in [9.17, 15) is 27.2 Å². The van der Waals surface area contributed by atoms with Gasteiger partial charge in [-0.05, 0) is 35.9 Å². The fourth-order valence-electron chi connectivity index (χ4n) is 2.38. The van der Waals surface area contributed by atoms with Crippen molar-refractivity contribution in [3.05, 3.63) is 97.9 Å². The van der Waals surface area contributed by atoms with Crippen LogP contribution in [0.25, 0.3) is 0 Å². The van der Waals surface area contributed by atoms with Gasteiger partial charge in [-0.2, -0.15) is 13.2 Å². The van der Waals surface area contributed by atoms with Crippen molar-refractivity contribution in [2.75, 3.05) is 0 Å². The van der Waals surface area contributed by atoms with Gasteiger partial charge in [0.2, 0.25) is 5.56 Å². The molecule has 0 aliphatic heterocycles. The highest BCUT2D eigenvalue weighted by Gasteiger charge is 2.38. The lowest BCUT2D eigenvalue weighted by Gasteiger charge is -2.20. The maximum Gasteiger partial charge on any atom is 0.490 e. The number of nitrogens with one attached hydrogen (secondary N) is 2. The van der Waals surface area contributed by atoms with Gasteiger partial charge in [-0.25, -0.2) is 9.18 Å². The molecule has 0 saturated heterocycles. The van der Waals surface area contributed by atoms with Gasteiger partial charge in [0.15, 0.2) is 0 Å². The number of hydrogen-bond acceptors (Lipinski definition) is 4. The third kappa shape index (κ3) is 7.29. The number of H-pyrrole nitrogens is 1. The van der Waals surface area contributed by atoms with E-state index in [1.165, 1.54) is 42.7 Å². The molecule has 0 radical (unpaired) electrons. The maximum absolute atomic E-state index is 14.3. The zero-order chi connectivity index (χ0) is 24.8. The molecule has 3 rings (SSSR count). The Labute approximate surface area is 193 Å². The molecule has 3 N–H and O–H groups in total. The Kier molecular flexibility index (Phi) is 8.55. The molecule has 0 unspecified atom stereocenters. The number of carbonyl (C=O) groups is 2. The highest BCUT2D eigenvalue weighted by atomic mass is 35.5. The van der Waals surface area contributed by atoms with Crippen molar-refractivity contribution in [3.63, 3.8) is 0 Å². The van der Waals surface area contributed by atoms with E-state index in [4.69, 9.17) is 33.1 Å². The van der Waals surface area contributed by atoms with Crippen LogP contribution in [0.15, 0.2) is 59.7 Å². The van der Waals surface area contributed by atoms with Gasteiger partial charge in [-0.3, -0.25) is 14.6 Å². The molecule has 0 bridgehead atoms. The SMILES string of the molecule is O=C(N[C@@H](c1ccc(Cl)c(Cl)c1)c1ncccc1F)c1ccc(=O)[nH]c1.O=C(O)C(F)(F)F. The summed E-state index contributed by atoms with van der Waals surface area (Å²) in [6.07, 6.45) is -2.38. The van der Waals surface area contributed by atoms with E-state index in [0.717, 1.165) is 0 Å². The molecule has 0 spiro atoms. The minimum absolute atomic E-state index is 0.0312. The van der Waals surface area contributed by atoms with Crippen molar-refractivity contribution in [3.8, 4) is 0 Å². The largest absolute Gasteiger partial charge is 0.490 e. The third-order valence-corrected chi connectivity index (χ3v) is 4.64. The Morgan fingerprint density at radius 3 is 2.27 bits per heavy atom. The van der Waals surface area contributed by atoms with Crippen molar-refractivity contribution in [2.45, 2.75) is 12.2 Å². The lowest BCUT2D eigenvalue weighted by Crippen LogP contribution is -2.31. The monoisotopic (exact) mass is 505 g/mol. The van der Waals surface area contributed by atoms with Crippen molar-refractivity contribution < 1.29 is 32.3 Å². The first-order valence-electron chi connectivity index (χ1n) is 8.75. The van der Waals surface area contributed by atoms with Gasteiger partial charge >= 0.3 is 12.1 Å². The highest BCUT2D eigenvalue weighted by Crippen LogP contribution is 2.29. The molecule has 7 nitrogen and oxygen atoms in total. The standard InChI is InChI=1S/C18H12Cl2FN3O2.C2HF3O2/c19-12-5-3-10(8-13(12)20)16(17-14(21)2-1-7-22-17)24-18(26)11-4-6-15(25)23-9-11;3-2(4,5)1(6)7/h1-9,16H,(H,23,25)(H,24,26);(H,6,7)/t16-;/m0./s1. The van der Waals surface area contributed by atoms with E-state index in [1.807, 2.05) is 0 Å². The molecule has 2 heterocycles. The molecule has 33 heavy (non-hydrogen) atoms. The third-order valence-electron chi connectivity index (χ3n) is 3.90. The summed E-state index contributed by atoms with van der Waals surface area (Å²) in [6.45, 7) is 0. The second-order valence-electron chi connectivity index (χ2n) is 6.19. The zero-order valence-corrected chi connectivity index (χ0v) is 17.7. The number of carboxylic acid groups (broad SMARTS) is 1. The molecule has 1 amide bonds. The molecule has 1 atom stereocenters. The average molecular weight is 506 g/mol. The summed E-state index contributed by atoms with van der Waals surface area (Å²) in [6, 6.07) is 9.12. The normalized spacial score (nSPS) is 11.7. The predicted molar refractivity (Wildman–Crippen MR) is 111 cm³/mol. The zero-order valence-electron chi connectivity index (χ0n) is 16.2. The van der Waals surface area contributed by atoms with Crippen LogP contribution in [0.4, 0.5) is 17.6 Å². The Bertz CT molecular complexity index is 1200. The molecule has 0 saturated carbocycles. The van der Waals surface area contributed by atoms with Crippen LogP contribution in [0.3, 0.4) is 0 Å². The van der Waals surface area contributed by atoms with Gasteiger partial charge in [0, 0.05) is 18.5 Å². The maximum atomic E-state index is 14.3. The van der Waals surface area contributed by atoms with Gasteiger partial charge in [0.05, 0.1) is 21.7 Å². The molecule has 0 fully saturated rings. The summed E-state index contributed by atoms with van der Waals surface area (Å²) in [5.41, 5.74) is 0.419. The lowest BCUT2D eigenvalue weighted by molar-refractivity contribution is -0.192. The summed E-state index contributed by atoms with van der Waals surface area (Å²) in [7, 11) is 0. The molecule has 13 heteroatoms. The number of alkyl halides is 3. The number of nitrogens with zero attached hydrogens (tertiary/aromatic N) is 1. The Hall–Kier alpha value is -3.44. The number of aromatic amines is 1. The molecule has 0 aliphatic rings. The number of benzene rings is 1. The smallest absolute Gasteiger partial charge is 0.475 e. The van der Waals surface area contributed by atoms with Crippen LogP contribution in [0.5, 0.6) is 0 Å². The Balaban J connectivity index is 0.000000479. The van der Waals surface area contributed by atoms with E-state index >= 15 is 0 Å². The molecular formula is C20H13Cl2F4N3O4. The minimum atomic E-state index is -5.08. The molecular weight excluding hydrogens is 493 g/mol. The van der Waals surface area contributed by atoms with Crippen molar-refractivity contribution in [1.29, 1.82) is 0 Å². The van der Waals surface area contributed by atoms with Crippen LogP contribution in [0.1, 0.15) is 27.7 Å². The first-order chi connectivity index (χ1) is 15.4. The van der Waals surface area contributed by atoms with Crippen LogP contribution in [0.2, 0.25) is 10.0 Å². The van der Waals surface area contributed by atoms with E-state index in [2.05, 4.69) is 15.3 Å². The number of carboxylic acids is 1. The van der Waals surface area contributed by atoms with E-state index in [1.54, 1.807) is 12.1 Å². The fourth-order valence-corrected chi connectivity index (χ4v) is 2.68.